The van der Waals surface area contributed by atoms with Crippen molar-refractivity contribution < 1.29 is 0 Å². The van der Waals surface area contributed by atoms with E-state index in [4.69, 9.17) is 5.73 Å². The normalized spacial score (nSPS) is 10.7. The monoisotopic (exact) mass is 271 g/mol. The fourth-order valence-electron chi connectivity index (χ4n) is 1.24. The first-order chi connectivity index (χ1) is 7.13. The highest BCUT2D eigenvalue weighted by molar-refractivity contribution is 9.10. The van der Waals surface area contributed by atoms with Crippen LogP contribution < -0.4 is 11.1 Å². The van der Waals surface area contributed by atoms with Crippen molar-refractivity contribution in [2.45, 2.75) is 6.54 Å². The van der Waals surface area contributed by atoms with Crippen molar-refractivity contribution in [1.29, 1.82) is 0 Å². The smallest absolute Gasteiger partial charge is 0.0485 e. The summed E-state index contributed by atoms with van der Waals surface area (Å²) in [7, 11) is 4.13. The second-order valence-corrected chi connectivity index (χ2v) is 4.60. The molecule has 0 heterocycles. The molecule has 0 amide bonds. The molecule has 1 aromatic carbocycles. The highest BCUT2D eigenvalue weighted by Gasteiger charge is 2.00. The average molecular weight is 272 g/mol. The molecule has 0 fully saturated rings. The van der Waals surface area contributed by atoms with Gasteiger partial charge in [0.05, 0.1) is 0 Å². The number of rotatable bonds is 5. The molecular formula is C11H18BrN3. The van der Waals surface area contributed by atoms with Gasteiger partial charge in [-0.2, -0.15) is 0 Å². The molecule has 0 aromatic heterocycles. The highest BCUT2D eigenvalue weighted by atomic mass is 79.9. The molecule has 0 radical (unpaired) electrons. The Morgan fingerprint density at radius 1 is 1.40 bits per heavy atom. The number of hydrogen-bond donors (Lipinski definition) is 2. The van der Waals surface area contributed by atoms with E-state index in [1.165, 1.54) is 0 Å². The molecular weight excluding hydrogens is 254 g/mol. The van der Waals surface area contributed by atoms with Crippen molar-refractivity contribution in [2.75, 3.05) is 32.5 Å². The maximum Gasteiger partial charge on any atom is 0.0485 e. The molecule has 84 valence electrons. The van der Waals surface area contributed by atoms with E-state index in [0.29, 0.717) is 6.54 Å². The molecule has 1 rings (SSSR count). The second kappa shape index (κ2) is 6.10. The van der Waals surface area contributed by atoms with Crippen LogP contribution in [0.1, 0.15) is 5.56 Å². The Hall–Kier alpha value is -0.580. The van der Waals surface area contributed by atoms with Crippen molar-refractivity contribution in [3.05, 3.63) is 28.2 Å². The average Bonchev–Trinajstić information content (AvgIpc) is 2.20. The minimum Gasteiger partial charge on any atom is -0.383 e. The van der Waals surface area contributed by atoms with Crippen LogP contribution in [0.2, 0.25) is 0 Å². The number of halogens is 1. The third-order valence-electron chi connectivity index (χ3n) is 2.14. The molecule has 0 aliphatic heterocycles. The Morgan fingerprint density at radius 2 is 2.13 bits per heavy atom. The minimum atomic E-state index is 0.580. The predicted molar refractivity (Wildman–Crippen MR) is 69.1 cm³/mol. The molecule has 0 bridgehead atoms. The first-order valence-electron chi connectivity index (χ1n) is 5.00. The second-order valence-electron chi connectivity index (χ2n) is 3.75. The van der Waals surface area contributed by atoms with E-state index in [1.54, 1.807) is 0 Å². The number of benzene rings is 1. The van der Waals surface area contributed by atoms with Gasteiger partial charge in [-0.15, -0.1) is 0 Å². The summed E-state index contributed by atoms with van der Waals surface area (Å²) in [4.78, 5) is 2.15. The Balaban J connectivity index is 2.54. The van der Waals surface area contributed by atoms with Crippen LogP contribution in [0, 0.1) is 0 Å². The lowest BCUT2D eigenvalue weighted by atomic mass is 10.2. The van der Waals surface area contributed by atoms with Gasteiger partial charge in [0.15, 0.2) is 0 Å². The van der Waals surface area contributed by atoms with E-state index < -0.39 is 0 Å². The lowest BCUT2D eigenvalue weighted by Crippen LogP contribution is -2.20. The minimum absolute atomic E-state index is 0.580. The van der Waals surface area contributed by atoms with Crippen LogP contribution in [0.4, 0.5) is 5.69 Å². The third-order valence-corrected chi connectivity index (χ3v) is 2.80. The summed E-state index contributed by atoms with van der Waals surface area (Å²) in [5.74, 6) is 0. The Labute approximate surface area is 99.8 Å². The lowest BCUT2D eigenvalue weighted by Gasteiger charge is -2.13. The standard InChI is InChI=1S/C11H18BrN3/c1-15(2)6-5-14-11-4-3-9(8-13)7-10(11)12/h3-4,7,14H,5-6,8,13H2,1-2H3. The predicted octanol–water partition coefficient (Wildman–Crippen LogP) is 1.88. The molecule has 3 nitrogen and oxygen atoms in total. The zero-order chi connectivity index (χ0) is 11.3. The largest absolute Gasteiger partial charge is 0.383 e. The molecule has 1 aromatic rings. The van der Waals surface area contributed by atoms with E-state index in [0.717, 1.165) is 28.8 Å². The number of hydrogen-bond acceptors (Lipinski definition) is 3. The summed E-state index contributed by atoms with van der Waals surface area (Å²) in [6.07, 6.45) is 0. The van der Waals surface area contributed by atoms with Crippen LogP contribution in [-0.4, -0.2) is 32.1 Å². The molecule has 4 heteroatoms. The molecule has 3 N–H and O–H groups in total. The molecule has 0 unspecified atom stereocenters. The Bertz CT molecular complexity index is 313. The maximum atomic E-state index is 5.56. The number of nitrogens with two attached hydrogens (primary N) is 1. The molecule has 0 saturated carbocycles. The van der Waals surface area contributed by atoms with Gasteiger partial charge < -0.3 is 16.0 Å². The zero-order valence-corrected chi connectivity index (χ0v) is 10.8. The summed E-state index contributed by atoms with van der Waals surface area (Å²) in [5.41, 5.74) is 7.82. The number of anilines is 1. The molecule has 0 atom stereocenters. The van der Waals surface area contributed by atoms with Crippen molar-refractivity contribution >= 4 is 21.6 Å². The van der Waals surface area contributed by atoms with Crippen LogP contribution in [-0.2, 0) is 6.54 Å². The summed E-state index contributed by atoms with van der Waals surface area (Å²) in [6.45, 7) is 2.54. The fraction of sp³-hybridized carbons (Fsp3) is 0.455. The SMILES string of the molecule is CN(C)CCNc1ccc(CN)cc1Br. The van der Waals surface area contributed by atoms with Crippen LogP contribution in [0.5, 0.6) is 0 Å². The molecule has 0 aliphatic carbocycles. The van der Waals surface area contributed by atoms with Gasteiger partial charge in [0.1, 0.15) is 0 Å². The van der Waals surface area contributed by atoms with Gasteiger partial charge in [-0.1, -0.05) is 6.07 Å². The highest BCUT2D eigenvalue weighted by Crippen LogP contribution is 2.23. The molecule has 15 heavy (non-hydrogen) atoms. The number of nitrogens with zero attached hydrogens (tertiary/aromatic N) is 1. The lowest BCUT2D eigenvalue weighted by molar-refractivity contribution is 0.425. The number of nitrogens with one attached hydrogen (secondary N) is 1. The summed E-state index contributed by atoms with van der Waals surface area (Å²) < 4.78 is 1.07. The summed E-state index contributed by atoms with van der Waals surface area (Å²) >= 11 is 3.52. The molecule has 0 spiro atoms. The van der Waals surface area contributed by atoms with Gasteiger partial charge in [0.2, 0.25) is 0 Å². The van der Waals surface area contributed by atoms with Crippen molar-refractivity contribution in [1.82, 2.24) is 4.90 Å². The van der Waals surface area contributed by atoms with Gasteiger partial charge in [-0.3, -0.25) is 0 Å². The van der Waals surface area contributed by atoms with E-state index in [-0.39, 0.29) is 0 Å². The van der Waals surface area contributed by atoms with Crippen molar-refractivity contribution in [2.24, 2.45) is 5.73 Å². The van der Waals surface area contributed by atoms with Crippen LogP contribution in [0.3, 0.4) is 0 Å². The summed E-state index contributed by atoms with van der Waals surface area (Å²) in [5, 5.41) is 3.37. The van der Waals surface area contributed by atoms with Crippen LogP contribution >= 0.6 is 15.9 Å². The van der Waals surface area contributed by atoms with Gasteiger partial charge in [0.25, 0.3) is 0 Å². The van der Waals surface area contributed by atoms with Gasteiger partial charge in [-0.25, -0.2) is 0 Å². The van der Waals surface area contributed by atoms with Crippen LogP contribution in [0.25, 0.3) is 0 Å². The van der Waals surface area contributed by atoms with E-state index in [9.17, 15) is 0 Å². The Morgan fingerprint density at radius 3 is 2.67 bits per heavy atom. The van der Waals surface area contributed by atoms with Crippen LogP contribution in [0.15, 0.2) is 22.7 Å². The first-order valence-corrected chi connectivity index (χ1v) is 5.80. The van der Waals surface area contributed by atoms with Gasteiger partial charge >= 0.3 is 0 Å². The summed E-state index contributed by atoms with van der Waals surface area (Å²) in [6, 6.07) is 6.16. The number of likely N-dealkylation sites (N-methyl/N-ethyl adjacent to an activating group) is 1. The first kappa shape index (κ1) is 12.5. The van der Waals surface area contributed by atoms with Crippen molar-refractivity contribution in [3.8, 4) is 0 Å². The topological polar surface area (TPSA) is 41.3 Å². The van der Waals surface area contributed by atoms with Gasteiger partial charge in [-0.05, 0) is 47.7 Å². The molecule has 0 saturated heterocycles. The quantitative estimate of drug-likeness (QED) is 0.860. The zero-order valence-electron chi connectivity index (χ0n) is 9.26. The van der Waals surface area contributed by atoms with E-state index >= 15 is 0 Å². The van der Waals surface area contributed by atoms with Gasteiger partial charge in [0, 0.05) is 29.8 Å². The maximum absolute atomic E-state index is 5.56. The van der Waals surface area contributed by atoms with E-state index in [2.05, 4.69) is 52.4 Å². The van der Waals surface area contributed by atoms with E-state index in [1.807, 2.05) is 6.07 Å². The molecule has 0 aliphatic rings. The van der Waals surface area contributed by atoms with Crippen molar-refractivity contribution in [3.63, 3.8) is 0 Å². The third kappa shape index (κ3) is 4.20. The Kier molecular flexibility index (Phi) is 5.08. The fourth-order valence-corrected chi connectivity index (χ4v) is 1.81.